The molecular weight excluding hydrogens is 366 g/mol. The number of carbonyl (C=O) groups is 2. The third-order valence-corrected chi connectivity index (χ3v) is 5.19. The number of nitrogens with zero attached hydrogens (tertiary/aromatic N) is 1. The molecule has 0 aromatic rings. The molecule has 29 heavy (non-hydrogen) atoms. The van der Waals surface area contributed by atoms with Gasteiger partial charge in [0.15, 0.2) is 0 Å². The van der Waals surface area contributed by atoms with Crippen LogP contribution in [-0.2, 0) is 14.3 Å². The summed E-state index contributed by atoms with van der Waals surface area (Å²) in [6, 6.07) is -0.577. The molecule has 0 rings (SSSR count). The van der Waals surface area contributed by atoms with Crippen LogP contribution in [0.5, 0.6) is 0 Å². The van der Waals surface area contributed by atoms with E-state index < -0.39 is 12.1 Å². The molecule has 0 aliphatic carbocycles. The molecule has 0 aliphatic heterocycles. The fourth-order valence-corrected chi connectivity index (χ4v) is 3.25. The number of amides is 1. The van der Waals surface area contributed by atoms with E-state index in [1.165, 1.54) is 56.3 Å². The summed E-state index contributed by atoms with van der Waals surface area (Å²) in [5, 5.41) is 0. The zero-order valence-corrected chi connectivity index (χ0v) is 19.8. The van der Waals surface area contributed by atoms with Crippen molar-refractivity contribution in [1.29, 1.82) is 0 Å². The van der Waals surface area contributed by atoms with Crippen LogP contribution in [0.1, 0.15) is 111 Å². The first-order valence-electron chi connectivity index (χ1n) is 12.0. The normalized spacial score (nSPS) is 12.1. The van der Waals surface area contributed by atoms with E-state index in [4.69, 9.17) is 9.47 Å². The van der Waals surface area contributed by atoms with Gasteiger partial charge in [-0.2, -0.15) is 0 Å². The van der Waals surface area contributed by atoms with E-state index in [1.807, 2.05) is 20.8 Å². The van der Waals surface area contributed by atoms with Crippen molar-refractivity contribution >= 4 is 12.1 Å². The van der Waals surface area contributed by atoms with E-state index >= 15 is 0 Å². The molecule has 0 saturated carbocycles. The molecule has 0 aliphatic rings. The van der Waals surface area contributed by atoms with Gasteiger partial charge in [0.05, 0.1) is 13.2 Å². The summed E-state index contributed by atoms with van der Waals surface area (Å²) >= 11 is 0. The highest BCUT2D eigenvalue weighted by molar-refractivity contribution is 5.81. The van der Waals surface area contributed by atoms with Crippen molar-refractivity contribution in [3.05, 3.63) is 0 Å². The number of hydrogen-bond acceptors (Lipinski definition) is 4. The second kappa shape index (κ2) is 18.7. The average molecular weight is 414 g/mol. The second-order valence-electron chi connectivity index (χ2n) is 8.57. The lowest BCUT2D eigenvalue weighted by Gasteiger charge is -2.27. The summed E-state index contributed by atoms with van der Waals surface area (Å²) < 4.78 is 10.7. The summed E-state index contributed by atoms with van der Waals surface area (Å²) in [5.41, 5.74) is 0. The van der Waals surface area contributed by atoms with Crippen LogP contribution >= 0.6 is 0 Å². The second-order valence-corrected chi connectivity index (χ2v) is 8.57. The molecule has 1 amide bonds. The van der Waals surface area contributed by atoms with E-state index in [0.29, 0.717) is 19.6 Å². The zero-order valence-electron chi connectivity index (χ0n) is 19.8. The summed E-state index contributed by atoms with van der Waals surface area (Å²) in [6.45, 7) is 9.20. The molecule has 5 nitrogen and oxygen atoms in total. The van der Waals surface area contributed by atoms with Crippen molar-refractivity contribution in [1.82, 2.24) is 4.90 Å². The molecule has 0 spiro atoms. The van der Waals surface area contributed by atoms with Crippen LogP contribution in [0, 0.1) is 5.92 Å². The Hall–Kier alpha value is -1.26. The van der Waals surface area contributed by atoms with Gasteiger partial charge in [-0.15, -0.1) is 0 Å². The van der Waals surface area contributed by atoms with Gasteiger partial charge < -0.3 is 9.47 Å². The molecule has 0 aromatic heterocycles. The molecule has 172 valence electrons. The minimum absolute atomic E-state index is 0.288. The Morgan fingerprint density at radius 2 is 1.21 bits per heavy atom. The summed E-state index contributed by atoms with van der Waals surface area (Å²) in [7, 11) is 1.63. The average Bonchev–Trinajstić information content (AvgIpc) is 2.69. The summed E-state index contributed by atoms with van der Waals surface area (Å²) in [5.74, 6) is -0.0275. The van der Waals surface area contributed by atoms with Crippen LogP contribution in [0.25, 0.3) is 0 Å². The van der Waals surface area contributed by atoms with Gasteiger partial charge in [-0.25, -0.2) is 9.59 Å². The van der Waals surface area contributed by atoms with Gasteiger partial charge in [0, 0.05) is 7.05 Å². The Morgan fingerprint density at radius 3 is 1.72 bits per heavy atom. The molecule has 0 radical (unpaired) electrons. The van der Waals surface area contributed by atoms with E-state index in [9.17, 15) is 9.59 Å². The molecule has 1 atom stereocenters. The molecular formula is C24H47NO4. The summed E-state index contributed by atoms with van der Waals surface area (Å²) in [6.07, 6.45) is 14.4. The number of rotatable bonds is 18. The van der Waals surface area contributed by atoms with E-state index in [1.54, 1.807) is 7.05 Å². The number of carbonyl (C=O) groups excluding carboxylic acids is 2. The van der Waals surface area contributed by atoms with E-state index in [-0.39, 0.29) is 11.9 Å². The molecule has 0 bridgehead atoms. The predicted octanol–water partition coefficient (Wildman–Crippen LogP) is 6.73. The standard InChI is InChI=1S/C24H47NO4/c1-6-8-10-11-12-13-14-15-16-17-19-28-23(26)22(20-21(3)4)25(5)24(27)29-18-9-7-2/h21-22H,6-20H2,1-5H3. The quantitative estimate of drug-likeness (QED) is 0.184. The number of unbranched alkanes of at least 4 members (excludes halogenated alkanes) is 10. The van der Waals surface area contributed by atoms with E-state index in [2.05, 4.69) is 6.92 Å². The fourth-order valence-electron chi connectivity index (χ4n) is 3.25. The number of hydrogen-bond donors (Lipinski definition) is 0. The van der Waals surface area contributed by atoms with Crippen LogP contribution in [0.4, 0.5) is 4.79 Å². The SMILES string of the molecule is CCCCCCCCCCCCOC(=O)C(CC(C)C)N(C)C(=O)OCCCC. The van der Waals surface area contributed by atoms with Gasteiger partial charge in [-0.3, -0.25) is 4.90 Å². The predicted molar refractivity (Wildman–Crippen MR) is 120 cm³/mol. The lowest BCUT2D eigenvalue weighted by atomic mass is 10.0. The highest BCUT2D eigenvalue weighted by Gasteiger charge is 2.29. The van der Waals surface area contributed by atoms with Crippen molar-refractivity contribution in [2.24, 2.45) is 5.92 Å². The van der Waals surface area contributed by atoms with Crippen LogP contribution < -0.4 is 0 Å². The molecule has 5 heteroatoms. The largest absolute Gasteiger partial charge is 0.464 e. The van der Waals surface area contributed by atoms with Crippen molar-refractivity contribution in [3.63, 3.8) is 0 Å². The first-order valence-corrected chi connectivity index (χ1v) is 12.0. The van der Waals surface area contributed by atoms with Crippen LogP contribution in [0.15, 0.2) is 0 Å². The fraction of sp³-hybridized carbons (Fsp3) is 0.917. The van der Waals surface area contributed by atoms with E-state index in [0.717, 1.165) is 25.7 Å². The Kier molecular flexibility index (Phi) is 17.9. The Morgan fingerprint density at radius 1 is 0.724 bits per heavy atom. The topological polar surface area (TPSA) is 55.8 Å². The molecule has 0 heterocycles. The maximum atomic E-state index is 12.5. The summed E-state index contributed by atoms with van der Waals surface area (Å²) in [4.78, 5) is 26.1. The van der Waals surface area contributed by atoms with Gasteiger partial charge in [0.2, 0.25) is 0 Å². The van der Waals surface area contributed by atoms with Crippen LogP contribution in [0.2, 0.25) is 0 Å². The van der Waals surface area contributed by atoms with Crippen LogP contribution in [-0.4, -0.2) is 43.3 Å². The third-order valence-electron chi connectivity index (χ3n) is 5.19. The Balaban J connectivity index is 4.07. The number of esters is 1. The zero-order chi connectivity index (χ0) is 21.9. The van der Waals surface area contributed by atoms with Crippen molar-refractivity contribution < 1.29 is 19.1 Å². The lowest BCUT2D eigenvalue weighted by molar-refractivity contribution is -0.149. The monoisotopic (exact) mass is 413 g/mol. The molecule has 0 N–H and O–H groups in total. The first kappa shape index (κ1) is 27.7. The smallest absolute Gasteiger partial charge is 0.410 e. The first-order chi connectivity index (χ1) is 13.9. The lowest BCUT2D eigenvalue weighted by Crippen LogP contribution is -2.44. The minimum Gasteiger partial charge on any atom is -0.464 e. The maximum Gasteiger partial charge on any atom is 0.410 e. The Labute approximate surface area is 179 Å². The van der Waals surface area contributed by atoms with Gasteiger partial charge in [0.25, 0.3) is 0 Å². The highest BCUT2D eigenvalue weighted by atomic mass is 16.6. The van der Waals surface area contributed by atoms with Gasteiger partial charge >= 0.3 is 12.1 Å². The van der Waals surface area contributed by atoms with Crippen molar-refractivity contribution in [2.75, 3.05) is 20.3 Å². The van der Waals surface area contributed by atoms with Gasteiger partial charge in [0.1, 0.15) is 6.04 Å². The van der Waals surface area contributed by atoms with Crippen molar-refractivity contribution in [2.45, 2.75) is 117 Å². The molecule has 1 unspecified atom stereocenters. The number of likely N-dealkylation sites (N-methyl/N-ethyl adjacent to an activating group) is 1. The van der Waals surface area contributed by atoms with Gasteiger partial charge in [-0.1, -0.05) is 91.9 Å². The number of ether oxygens (including phenoxy) is 2. The molecule has 0 saturated heterocycles. The van der Waals surface area contributed by atoms with Gasteiger partial charge in [-0.05, 0) is 25.2 Å². The Bertz CT molecular complexity index is 412. The highest BCUT2D eigenvalue weighted by Crippen LogP contribution is 2.15. The third kappa shape index (κ3) is 15.3. The molecule has 0 fully saturated rings. The maximum absolute atomic E-state index is 12.5. The molecule has 0 aromatic carbocycles. The van der Waals surface area contributed by atoms with Crippen LogP contribution in [0.3, 0.4) is 0 Å². The minimum atomic E-state index is -0.577. The van der Waals surface area contributed by atoms with Crippen molar-refractivity contribution in [3.8, 4) is 0 Å².